The Balaban J connectivity index is 2.21. The van der Waals surface area contributed by atoms with Crippen LogP contribution in [0.5, 0.6) is 11.5 Å². The normalized spacial score (nSPS) is 10.5. The molecule has 19 heavy (non-hydrogen) atoms. The van der Waals surface area contributed by atoms with E-state index in [4.69, 9.17) is 4.74 Å². The molecule has 0 aliphatic rings. The molecule has 0 aromatic heterocycles. The van der Waals surface area contributed by atoms with Crippen LogP contribution in [0.4, 0.5) is 0 Å². The second-order valence-electron chi connectivity index (χ2n) is 4.30. The number of rotatable bonds is 4. The molecule has 100 valence electrons. The minimum Gasteiger partial charge on any atom is -0.456 e. The lowest BCUT2D eigenvalue weighted by atomic mass is 10.1. The number of benzene rings is 2. The van der Waals surface area contributed by atoms with Crippen LogP contribution in [0.15, 0.2) is 45.3 Å². The van der Waals surface area contributed by atoms with Crippen LogP contribution in [0.2, 0.25) is 0 Å². The fourth-order valence-corrected chi connectivity index (χ4v) is 2.93. The molecule has 0 spiro atoms. The van der Waals surface area contributed by atoms with Gasteiger partial charge in [-0.25, -0.2) is 0 Å². The maximum atomic E-state index is 5.89. The number of nitrogens with one attached hydrogen (secondary N) is 1. The summed E-state index contributed by atoms with van der Waals surface area (Å²) in [6.45, 7) is 2.96. The van der Waals surface area contributed by atoms with Crippen molar-refractivity contribution in [3.05, 3.63) is 56.5 Å². The van der Waals surface area contributed by atoms with E-state index < -0.39 is 0 Å². The summed E-state index contributed by atoms with van der Waals surface area (Å²) in [7, 11) is 1.95. The van der Waals surface area contributed by atoms with Gasteiger partial charge in [0.1, 0.15) is 11.5 Å². The molecule has 0 saturated heterocycles. The average molecular weight is 385 g/mol. The lowest BCUT2D eigenvalue weighted by molar-refractivity contribution is 0.479. The first-order valence-corrected chi connectivity index (χ1v) is 7.56. The molecule has 0 fully saturated rings. The minimum atomic E-state index is 0.809. The SMILES string of the molecule is CNCc1ccc(Oc2ccc(Br)cc2Br)cc1C. The molecule has 0 heterocycles. The van der Waals surface area contributed by atoms with Crippen LogP contribution in [0.3, 0.4) is 0 Å². The van der Waals surface area contributed by atoms with E-state index in [9.17, 15) is 0 Å². The highest BCUT2D eigenvalue weighted by molar-refractivity contribution is 9.11. The number of ether oxygens (including phenoxy) is 1. The van der Waals surface area contributed by atoms with Gasteiger partial charge in [0, 0.05) is 11.0 Å². The third-order valence-electron chi connectivity index (χ3n) is 2.80. The zero-order valence-corrected chi connectivity index (χ0v) is 14.0. The van der Waals surface area contributed by atoms with E-state index in [2.05, 4.69) is 56.2 Å². The van der Waals surface area contributed by atoms with Gasteiger partial charge in [0.25, 0.3) is 0 Å². The molecular formula is C15H15Br2NO. The Bertz CT molecular complexity index is 584. The van der Waals surface area contributed by atoms with Crippen molar-refractivity contribution in [1.29, 1.82) is 0 Å². The summed E-state index contributed by atoms with van der Waals surface area (Å²) in [5.41, 5.74) is 2.50. The Hall–Kier alpha value is -0.840. The molecule has 2 aromatic carbocycles. The lowest BCUT2D eigenvalue weighted by Crippen LogP contribution is -2.06. The van der Waals surface area contributed by atoms with E-state index in [0.29, 0.717) is 0 Å². The van der Waals surface area contributed by atoms with Gasteiger partial charge >= 0.3 is 0 Å². The van der Waals surface area contributed by atoms with Crippen molar-refractivity contribution in [2.75, 3.05) is 7.05 Å². The predicted octanol–water partition coefficient (Wildman–Crippen LogP) is 5.03. The predicted molar refractivity (Wildman–Crippen MR) is 85.9 cm³/mol. The van der Waals surface area contributed by atoms with Crippen LogP contribution in [0, 0.1) is 6.92 Å². The molecule has 0 amide bonds. The third kappa shape index (κ3) is 3.81. The second-order valence-corrected chi connectivity index (χ2v) is 6.07. The highest BCUT2D eigenvalue weighted by Crippen LogP contribution is 2.32. The molecule has 2 rings (SSSR count). The van der Waals surface area contributed by atoms with E-state index in [-0.39, 0.29) is 0 Å². The van der Waals surface area contributed by atoms with Gasteiger partial charge in [0.15, 0.2) is 0 Å². The first kappa shape index (κ1) is 14.6. The Morgan fingerprint density at radius 1 is 1.11 bits per heavy atom. The molecule has 0 saturated carbocycles. The standard InChI is InChI=1S/C15H15Br2NO/c1-10-7-13(5-3-11(10)9-18-2)19-15-6-4-12(16)8-14(15)17/h3-8,18H,9H2,1-2H3. The number of hydrogen-bond acceptors (Lipinski definition) is 2. The van der Waals surface area contributed by atoms with Crippen LogP contribution < -0.4 is 10.1 Å². The maximum Gasteiger partial charge on any atom is 0.141 e. The summed E-state index contributed by atoms with van der Waals surface area (Å²) < 4.78 is 7.84. The van der Waals surface area contributed by atoms with E-state index in [1.165, 1.54) is 11.1 Å². The highest BCUT2D eigenvalue weighted by atomic mass is 79.9. The zero-order valence-electron chi connectivity index (χ0n) is 10.8. The largest absolute Gasteiger partial charge is 0.456 e. The topological polar surface area (TPSA) is 21.3 Å². The van der Waals surface area contributed by atoms with Crippen LogP contribution >= 0.6 is 31.9 Å². The number of halogens is 2. The lowest BCUT2D eigenvalue weighted by Gasteiger charge is -2.11. The fraction of sp³-hybridized carbons (Fsp3) is 0.200. The second kappa shape index (κ2) is 6.55. The summed E-state index contributed by atoms with van der Waals surface area (Å²) in [5.74, 6) is 1.66. The average Bonchev–Trinajstić information content (AvgIpc) is 2.36. The van der Waals surface area contributed by atoms with Crippen LogP contribution in [0.1, 0.15) is 11.1 Å². The molecule has 2 nitrogen and oxygen atoms in total. The first-order valence-electron chi connectivity index (χ1n) is 5.97. The van der Waals surface area contributed by atoms with Crippen molar-refractivity contribution in [3.63, 3.8) is 0 Å². The van der Waals surface area contributed by atoms with Crippen molar-refractivity contribution in [2.45, 2.75) is 13.5 Å². The van der Waals surface area contributed by atoms with Gasteiger partial charge in [0.05, 0.1) is 4.47 Å². The molecule has 1 N–H and O–H groups in total. The van der Waals surface area contributed by atoms with Gasteiger partial charge in [-0.15, -0.1) is 0 Å². The molecule has 0 aliphatic heterocycles. The Morgan fingerprint density at radius 3 is 2.53 bits per heavy atom. The molecule has 2 aromatic rings. The van der Waals surface area contributed by atoms with Crippen molar-refractivity contribution >= 4 is 31.9 Å². The van der Waals surface area contributed by atoms with Crippen LogP contribution in [-0.2, 0) is 6.54 Å². The first-order chi connectivity index (χ1) is 9.10. The summed E-state index contributed by atoms with van der Waals surface area (Å²) in [6.07, 6.45) is 0. The van der Waals surface area contributed by atoms with Gasteiger partial charge in [-0.1, -0.05) is 22.0 Å². The number of hydrogen-bond donors (Lipinski definition) is 1. The Morgan fingerprint density at radius 2 is 1.89 bits per heavy atom. The molecule has 0 aliphatic carbocycles. The molecular weight excluding hydrogens is 370 g/mol. The van der Waals surface area contributed by atoms with Crippen molar-refractivity contribution < 1.29 is 4.74 Å². The van der Waals surface area contributed by atoms with E-state index in [1.807, 2.05) is 31.3 Å². The fourth-order valence-electron chi connectivity index (χ4n) is 1.81. The van der Waals surface area contributed by atoms with Crippen molar-refractivity contribution in [3.8, 4) is 11.5 Å². The monoisotopic (exact) mass is 383 g/mol. The van der Waals surface area contributed by atoms with Gasteiger partial charge in [-0.05, 0) is 71.4 Å². The summed E-state index contributed by atoms with van der Waals surface area (Å²) >= 11 is 6.93. The van der Waals surface area contributed by atoms with Gasteiger partial charge in [-0.2, -0.15) is 0 Å². The van der Waals surface area contributed by atoms with E-state index in [1.54, 1.807) is 0 Å². The Labute approximate surface area is 130 Å². The van der Waals surface area contributed by atoms with E-state index in [0.717, 1.165) is 27.0 Å². The van der Waals surface area contributed by atoms with Crippen molar-refractivity contribution in [2.24, 2.45) is 0 Å². The summed E-state index contributed by atoms with van der Waals surface area (Å²) in [5, 5.41) is 3.16. The zero-order chi connectivity index (χ0) is 13.8. The van der Waals surface area contributed by atoms with Crippen LogP contribution in [0.25, 0.3) is 0 Å². The summed E-state index contributed by atoms with van der Waals surface area (Å²) in [6, 6.07) is 12.0. The molecule has 0 radical (unpaired) electrons. The third-order valence-corrected chi connectivity index (χ3v) is 3.92. The maximum absolute atomic E-state index is 5.89. The molecule has 0 unspecified atom stereocenters. The molecule has 0 bridgehead atoms. The van der Waals surface area contributed by atoms with Crippen molar-refractivity contribution in [1.82, 2.24) is 5.32 Å². The quantitative estimate of drug-likeness (QED) is 0.797. The van der Waals surface area contributed by atoms with Gasteiger partial charge < -0.3 is 10.1 Å². The number of aryl methyl sites for hydroxylation is 1. The molecule has 4 heteroatoms. The smallest absolute Gasteiger partial charge is 0.141 e. The van der Waals surface area contributed by atoms with Gasteiger partial charge in [-0.3, -0.25) is 0 Å². The van der Waals surface area contributed by atoms with Crippen LogP contribution in [-0.4, -0.2) is 7.05 Å². The highest BCUT2D eigenvalue weighted by Gasteiger charge is 2.05. The van der Waals surface area contributed by atoms with Gasteiger partial charge in [0.2, 0.25) is 0 Å². The molecule has 0 atom stereocenters. The minimum absolute atomic E-state index is 0.809. The van der Waals surface area contributed by atoms with E-state index >= 15 is 0 Å². The summed E-state index contributed by atoms with van der Waals surface area (Å²) in [4.78, 5) is 0. The Kier molecular flexibility index (Phi) is 5.02.